The van der Waals surface area contributed by atoms with Crippen LogP contribution in [0.4, 0.5) is 0 Å². The van der Waals surface area contributed by atoms with Crippen LogP contribution in [0.15, 0.2) is 6.33 Å². The summed E-state index contributed by atoms with van der Waals surface area (Å²) in [6.45, 7) is 4.86. The molecule has 1 aromatic heterocycles. The predicted molar refractivity (Wildman–Crippen MR) is 65.4 cm³/mol. The number of fused-ring (bicyclic) bond motifs is 1. The molecule has 5 heteroatoms. The first-order chi connectivity index (χ1) is 8.20. The van der Waals surface area contributed by atoms with E-state index >= 15 is 0 Å². The van der Waals surface area contributed by atoms with Gasteiger partial charge >= 0.3 is 0 Å². The van der Waals surface area contributed by atoms with E-state index in [1.165, 1.54) is 0 Å². The van der Waals surface area contributed by atoms with Crippen LogP contribution in [0.25, 0.3) is 0 Å². The van der Waals surface area contributed by atoms with E-state index in [1.54, 1.807) is 6.33 Å². The third-order valence-corrected chi connectivity index (χ3v) is 3.16. The van der Waals surface area contributed by atoms with E-state index in [4.69, 9.17) is 0 Å². The van der Waals surface area contributed by atoms with E-state index in [0.29, 0.717) is 13.0 Å². The Morgan fingerprint density at radius 1 is 1.71 bits per heavy atom. The number of nitrogens with one attached hydrogen (secondary N) is 3. The highest BCUT2D eigenvalue weighted by atomic mass is 16.2. The SMILES string of the molecule is CCCC(C)NC(=O)C1Cc2nc[nH]c2CN1. The lowest BCUT2D eigenvalue weighted by Gasteiger charge is -2.24. The Hall–Kier alpha value is -1.36. The van der Waals surface area contributed by atoms with E-state index in [-0.39, 0.29) is 18.0 Å². The summed E-state index contributed by atoms with van der Waals surface area (Å²) in [4.78, 5) is 19.3. The Morgan fingerprint density at radius 2 is 2.53 bits per heavy atom. The number of aromatic amines is 1. The van der Waals surface area contributed by atoms with Crippen LogP contribution in [0, 0.1) is 0 Å². The molecule has 2 atom stereocenters. The summed E-state index contributed by atoms with van der Waals surface area (Å²) in [7, 11) is 0. The summed E-state index contributed by atoms with van der Waals surface area (Å²) < 4.78 is 0. The Kier molecular flexibility index (Phi) is 3.78. The molecule has 0 aliphatic carbocycles. The topological polar surface area (TPSA) is 69.8 Å². The van der Waals surface area contributed by atoms with E-state index in [9.17, 15) is 4.79 Å². The third kappa shape index (κ3) is 2.85. The normalized spacial score (nSPS) is 20.7. The molecule has 1 aromatic rings. The van der Waals surface area contributed by atoms with Crippen molar-refractivity contribution >= 4 is 5.91 Å². The minimum Gasteiger partial charge on any atom is -0.352 e. The van der Waals surface area contributed by atoms with Crippen LogP contribution in [-0.4, -0.2) is 28.0 Å². The van der Waals surface area contributed by atoms with Gasteiger partial charge < -0.3 is 10.3 Å². The molecule has 0 saturated heterocycles. The molecule has 0 saturated carbocycles. The molecule has 5 nitrogen and oxygen atoms in total. The zero-order valence-electron chi connectivity index (χ0n) is 10.4. The van der Waals surface area contributed by atoms with Gasteiger partial charge in [0.25, 0.3) is 0 Å². The zero-order valence-corrected chi connectivity index (χ0v) is 10.4. The number of hydrogen-bond donors (Lipinski definition) is 3. The number of rotatable bonds is 4. The maximum atomic E-state index is 12.0. The lowest BCUT2D eigenvalue weighted by atomic mass is 10.0. The second-order valence-corrected chi connectivity index (χ2v) is 4.66. The van der Waals surface area contributed by atoms with Gasteiger partial charge in [-0.15, -0.1) is 0 Å². The lowest BCUT2D eigenvalue weighted by molar-refractivity contribution is -0.124. The minimum absolute atomic E-state index is 0.0830. The predicted octanol–water partition coefficient (Wildman–Crippen LogP) is 0.729. The van der Waals surface area contributed by atoms with Crippen molar-refractivity contribution < 1.29 is 4.79 Å². The van der Waals surface area contributed by atoms with Crippen molar-refractivity contribution in [3.8, 4) is 0 Å². The maximum absolute atomic E-state index is 12.0. The number of aromatic nitrogens is 2. The number of H-pyrrole nitrogens is 1. The number of amides is 1. The Balaban J connectivity index is 1.90. The molecule has 2 unspecified atom stereocenters. The number of carbonyl (C=O) groups is 1. The standard InChI is InChI=1S/C12H20N4O/c1-3-4-8(2)16-12(17)10-5-9-11(6-13-10)15-7-14-9/h7-8,10,13H,3-6H2,1-2H3,(H,14,15)(H,16,17). The highest BCUT2D eigenvalue weighted by molar-refractivity contribution is 5.82. The number of imidazole rings is 1. The van der Waals surface area contributed by atoms with Crippen molar-refractivity contribution in [1.82, 2.24) is 20.6 Å². The first-order valence-corrected chi connectivity index (χ1v) is 6.25. The van der Waals surface area contributed by atoms with Gasteiger partial charge in [0.1, 0.15) is 0 Å². The van der Waals surface area contributed by atoms with Crippen LogP contribution in [0.3, 0.4) is 0 Å². The summed E-state index contributed by atoms with van der Waals surface area (Å²) in [5.41, 5.74) is 2.10. The van der Waals surface area contributed by atoms with Crippen molar-refractivity contribution in [2.24, 2.45) is 0 Å². The largest absolute Gasteiger partial charge is 0.352 e. The van der Waals surface area contributed by atoms with Crippen molar-refractivity contribution in [2.75, 3.05) is 0 Å². The van der Waals surface area contributed by atoms with Gasteiger partial charge in [-0.05, 0) is 13.3 Å². The van der Waals surface area contributed by atoms with Gasteiger partial charge in [-0.3, -0.25) is 10.1 Å². The van der Waals surface area contributed by atoms with Crippen LogP contribution in [0.2, 0.25) is 0 Å². The van der Waals surface area contributed by atoms with E-state index in [1.807, 2.05) is 6.92 Å². The lowest BCUT2D eigenvalue weighted by Crippen LogP contribution is -2.49. The van der Waals surface area contributed by atoms with Gasteiger partial charge in [0.15, 0.2) is 0 Å². The number of nitrogens with zero attached hydrogens (tertiary/aromatic N) is 1. The van der Waals surface area contributed by atoms with Crippen molar-refractivity contribution in [2.45, 2.75) is 51.7 Å². The molecule has 2 heterocycles. The fourth-order valence-electron chi connectivity index (χ4n) is 2.20. The second kappa shape index (κ2) is 5.31. The second-order valence-electron chi connectivity index (χ2n) is 4.66. The fourth-order valence-corrected chi connectivity index (χ4v) is 2.20. The summed E-state index contributed by atoms with van der Waals surface area (Å²) in [5, 5.41) is 6.26. The minimum atomic E-state index is -0.148. The summed E-state index contributed by atoms with van der Waals surface area (Å²) in [6, 6.07) is 0.0972. The summed E-state index contributed by atoms with van der Waals surface area (Å²) in [5.74, 6) is 0.0830. The maximum Gasteiger partial charge on any atom is 0.237 e. The molecule has 17 heavy (non-hydrogen) atoms. The monoisotopic (exact) mass is 236 g/mol. The molecule has 1 aliphatic heterocycles. The van der Waals surface area contributed by atoms with E-state index in [2.05, 4.69) is 27.5 Å². The quantitative estimate of drug-likeness (QED) is 0.722. The fraction of sp³-hybridized carbons (Fsp3) is 0.667. The van der Waals surface area contributed by atoms with Crippen molar-refractivity contribution in [1.29, 1.82) is 0 Å². The van der Waals surface area contributed by atoms with E-state index < -0.39 is 0 Å². The van der Waals surface area contributed by atoms with Gasteiger partial charge in [-0.25, -0.2) is 4.98 Å². The van der Waals surface area contributed by atoms with Crippen LogP contribution in [0.5, 0.6) is 0 Å². The molecular weight excluding hydrogens is 216 g/mol. The van der Waals surface area contributed by atoms with Crippen LogP contribution < -0.4 is 10.6 Å². The molecule has 1 amide bonds. The van der Waals surface area contributed by atoms with Gasteiger partial charge in [-0.2, -0.15) is 0 Å². The average Bonchev–Trinajstić information content (AvgIpc) is 2.75. The Bertz CT molecular complexity index is 388. The molecule has 0 fully saturated rings. The van der Waals surface area contributed by atoms with Crippen LogP contribution in [-0.2, 0) is 17.8 Å². The van der Waals surface area contributed by atoms with Gasteiger partial charge in [-0.1, -0.05) is 13.3 Å². The molecule has 0 aromatic carbocycles. The molecule has 0 bridgehead atoms. The van der Waals surface area contributed by atoms with Crippen molar-refractivity contribution in [3.63, 3.8) is 0 Å². The molecule has 1 aliphatic rings. The van der Waals surface area contributed by atoms with E-state index in [0.717, 1.165) is 24.2 Å². The molecule has 0 spiro atoms. The summed E-state index contributed by atoms with van der Waals surface area (Å²) >= 11 is 0. The smallest absolute Gasteiger partial charge is 0.237 e. The van der Waals surface area contributed by atoms with Crippen LogP contribution in [0.1, 0.15) is 38.1 Å². The highest BCUT2D eigenvalue weighted by Gasteiger charge is 2.26. The molecule has 2 rings (SSSR count). The molecule has 94 valence electrons. The number of carbonyl (C=O) groups excluding carboxylic acids is 1. The Morgan fingerprint density at radius 3 is 3.29 bits per heavy atom. The average molecular weight is 236 g/mol. The van der Waals surface area contributed by atoms with Gasteiger partial charge in [0.05, 0.1) is 23.8 Å². The first-order valence-electron chi connectivity index (χ1n) is 6.25. The number of hydrogen-bond acceptors (Lipinski definition) is 3. The van der Waals surface area contributed by atoms with Gasteiger partial charge in [0, 0.05) is 19.0 Å². The summed E-state index contributed by atoms with van der Waals surface area (Å²) in [6.07, 6.45) is 4.46. The molecule has 3 N–H and O–H groups in total. The third-order valence-electron chi connectivity index (χ3n) is 3.16. The zero-order chi connectivity index (χ0) is 12.3. The first kappa shape index (κ1) is 12.1. The highest BCUT2D eigenvalue weighted by Crippen LogP contribution is 2.12. The Labute approximate surface area is 101 Å². The van der Waals surface area contributed by atoms with Gasteiger partial charge in [0.2, 0.25) is 5.91 Å². The molecular formula is C12H20N4O. The molecule has 0 radical (unpaired) electrons. The van der Waals surface area contributed by atoms with Crippen molar-refractivity contribution in [3.05, 3.63) is 17.7 Å². The van der Waals surface area contributed by atoms with Crippen LogP contribution >= 0.6 is 0 Å².